The van der Waals surface area contributed by atoms with Crippen molar-refractivity contribution in [2.45, 2.75) is 10.6 Å². The normalized spacial score (nSPS) is 11.0. The lowest BCUT2D eigenvalue weighted by molar-refractivity contribution is -0.131. The SMILES string of the molecule is O=C(O)C=Cc1ccc(CSc2ccc(F)cc2F)cc1. The summed E-state index contributed by atoms with van der Waals surface area (Å²) < 4.78 is 26.3. The van der Waals surface area contributed by atoms with Crippen molar-refractivity contribution in [3.63, 3.8) is 0 Å². The van der Waals surface area contributed by atoms with E-state index in [4.69, 9.17) is 5.11 Å². The van der Waals surface area contributed by atoms with E-state index < -0.39 is 17.6 Å². The highest BCUT2D eigenvalue weighted by atomic mass is 32.2. The van der Waals surface area contributed by atoms with E-state index in [0.29, 0.717) is 10.6 Å². The van der Waals surface area contributed by atoms with Crippen LogP contribution in [-0.4, -0.2) is 11.1 Å². The highest BCUT2D eigenvalue weighted by Crippen LogP contribution is 2.26. The first-order chi connectivity index (χ1) is 10.0. The molecule has 0 aliphatic carbocycles. The Kier molecular flexibility index (Phi) is 5.11. The highest BCUT2D eigenvalue weighted by molar-refractivity contribution is 7.98. The Bertz CT molecular complexity index is 666. The molecule has 0 heterocycles. The Morgan fingerprint density at radius 1 is 1.14 bits per heavy atom. The van der Waals surface area contributed by atoms with Crippen molar-refractivity contribution in [2.75, 3.05) is 0 Å². The molecular formula is C16H12F2O2S. The lowest BCUT2D eigenvalue weighted by Gasteiger charge is -2.04. The van der Waals surface area contributed by atoms with Gasteiger partial charge in [-0.05, 0) is 29.3 Å². The molecule has 21 heavy (non-hydrogen) atoms. The molecule has 108 valence electrons. The molecule has 1 N–H and O–H groups in total. The number of hydrogen-bond donors (Lipinski definition) is 1. The largest absolute Gasteiger partial charge is 0.478 e. The number of carbonyl (C=O) groups is 1. The predicted molar refractivity (Wildman–Crippen MR) is 79.0 cm³/mol. The standard InChI is InChI=1S/C16H12F2O2S/c17-13-6-7-15(14(18)9-13)21-10-12-3-1-11(2-4-12)5-8-16(19)20/h1-9H,10H2,(H,19,20). The van der Waals surface area contributed by atoms with Crippen LogP contribution in [0, 0.1) is 11.6 Å². The van der Waals surface area contributed by atoms with E-state index in [-0.39, 0.29) is 0 Å². The van der Waals surface area contributed by atoms with Crippen molar-refractivity contribution in [1.29, 1.82) is 0 Å². The number of carboxylic acids is 1. The van der Waals surface area contributed by atoms with Gasteiger partial charge in [-0.2, -0.15) is 0 Å². The van der Waals surface area contributed by atoms with Crippen LogP contribution in [0.3, 0.4) is 0 Å². The highest BCUT2D eigenvalue weighted by Gasteiger charge is 2.04. The van der Waals surface area contributed by atoms with Crippen LogP contribution in [0.2, 0.25) is 0 Å². The molecule has 0 aromatic heterocycles. The number of carboxylic acid groups (broad SMARTS) is 1. The number of benzene rings is 2. The molecule has 0 bridgehead atoms. The zero-order valence-corrected chi connectivity index (χ0v) is 11.7. The fourth-order valence-corrected chi connectivity index (χ4v) is 2.52. The third kappa shape index (κ3) is 4.72. The quantitative estimate of drug-likeness (QED) is 0.659. The molecule has 5 heteroatoms. The lowest BCUT2D eigenvalue weighted by Crippen LogP contribution is -1.87. The Hall–Kier alpha value is -2.14. The van der Waals surface area contributed by atoms with Crippen LogP contribution in [-0.2, 0) is 10.5 Å². The minimum atomic E-state index is -0.999. The lowest BCUT2D eigenvalue weighted by atomic mass is 10.1. The van der Waals surface area contributed by atoms with Crippen molar-refractivity contribution in [1.82, 2.24) is 0 Å². The third-order valence-electron chi connectivity index (χ3n) is 2.69. The summed E-state index contributed by atoms with van der Waals surface area (Å²) in [7, 11) is 0. The van der Waals surface area contributed by atoms with E-state index in [1.165, 1.54) is 30.0 Å². The first-order valence-corrected chi connectivity index (χ1v) is 7.11. The summed E-state index contributed by atoms with van der Waals surface area (Å²) >= 11 is 1.28. The molecule has 2 aromatic rings. The summed E-state index contributed by atoms with van der Waals surface area (Å²) in [6.45, 7) is 0. The number of halogens is 2. The molecule has 0 saturated carbocycles. The van der Waals surface area contributed by atoms with Gasteiger partial charge in [0.2, 0.25) is 0 Å². The topological polar surface area (TPSA) is 37.3 Å². The Balaban J connectivity index is 1.99. The van der Waals surface area contributed by atoms with Gasteiger partial charge in [-0.15, -0.1) is 11.8 Å². The molecule has 2 aromatic carbocycles. The van der Waals surface area contributed by atoms with Crippen LogP contribution in [0.4, 0.5) is 8.78 Å². The van der Waals surface area contributed by atoms with Gasteiger partial charge in [0, 0.05) is 22.8 Å². The summed E-state index contributed by atoms with van der Waals surface area (Å²) in [4.78, 5) is 10.8. The first kappa shape index (κ1) is 15.3. The minimum Gasteiger partial charge on any atom is -0.478 e. The van der Waals surface area contributed by atoms with Crippen molar-refractivity contribution in [2.24, 2.45) is 0 Å². The van der Waals surface area contributed by atoms with Gasteiger partial charge in [0.15, 0.2) is 0 Å². The van der Waals surface area contributed by atoms with E-state index in [0.717, 1.165) is 23.3 Å². The van der Waals surface area contributed by atoms with Gasteiger partial charge < -0.3 is 5.11 Å². The monoisotopic (exact) mass is 306 g/mol. The molecule has 0 saturated heterocycles. The van der Waals surface area contributed by atoms with Gasteiger partial charge in [-0.3, -0.25) is 0 Å². The average Bonchev–Trinajstić information content (AvgIpc) is 2.45. The summed E-state index contributed by atoms with van der Waals surface area (Å²) in [6.07, 6.45) is 2.57. The second kappa shape index (κ2) is 7.04. The van der Waals surface area contributed by atoms with E-state index in [9.17, 15) is 13.6 Å². The molecule has 0 atom stereocenters. The van der Waals surface area contributed by atoms with Crippen LogP contribution in [0.15, 0.2) is 53.4 Å². The van der Waals surface area contributed by atoms with Crippen molar-refractivity contribution in [3.05, 3.63) is 71.3 Å². The number of rotatable bonds is 5. The van der Waals surface area contributed by atoms with E-state index >= 15 is 0 Å². The predicted octanol–water partition coefficient (Wildman–Crippen LogP) is 4.35. The van der Waals surface area contributed by atoms with Gasteiger partial charge in [0.1, 0.15) is 11.6 Å². The van der Waals surface area contributed by atoms with Gasteiger partial charge >= 0.3 is 5.97 Å². The van der Waals surface area contributed by atoms with Crippen LogP contribution in [0.25, 0.3) is 6.08 Å². The van der Waals surface area contributed by atoms with E-state index in [1.54, 1.807) is 12.1 Å². The zero-order chi connectivity index (χ0) is 15.2. The van der Waals surface area contributed by atoms with E-state index in [1.807, 2.05) is 12.1 Å². The smallest absolute Gasteiger partial charge is 0.328 e. The third-order valence-corrected chi connectivity index (χ3v) is 3.81. The summed E-state index contributed by atoms with van der Waals surface area (Å²) in [6, 6.07) is 10.8. The van der Waals surface area contributed by atoms with Crippen LogP contribution < -0.4 is 0 Å². The van der Waals surface area contributed by atoms with Gasteiger partial charge in [-0.1, -0.05) is 24.3 Å². The summed E-state index contributed by atoms with van der Waals surface area (Å²) in [5.41, 5.74) is 1.75. The number of thioether (sulfide) groups is 1. The van der Waals surface area contributed by atoms with Crippen LogP contribution in [0.5, 0.6) is 0 Å². The molecule has 2 nitrogen and oxygen atoms in total. The van der Waals surface area contributed by atoms with Crippen molar-refractivity contribution < 1.29 is 18.7 Å². The maximum absolute atomic E-state index is 13.5. The molecule has 0 radical (unpaired) electrons. The van der Waals surface area contributed by atoms with E-state index in [2.05, 4.69) is 0 Å². The summed E-state index contributed by atoms with van der Waals surface area (Å²) in [5.74, 6) is -1.61. The van der Waals surface area contributed by atoms with Crippen LogP contribution >= 0.6 is 11.8 Å². The molecule has 0 fully saturated rings. The van der Waals surface area contributed by atoms with Crippen molar-refractivity contribution in [3.8, 4) is 0 Å². The molecule has 0 aliphatic rings. The second-order valence-electron chi connectivity index (χ2n) is 4.28. The second-order valence-corrected chi connectivity index (χ2v) is 5.29. The molecule has 2 rings (SSSR count). The average molecular weight is 306 g/mol. The first-order valence-electron chi connectivity index (χ1n) is 6.12. The fourth-order valence-electron chi connectivity index (χ4n) is 1.65. The molecule has 0 amide bonds. The minimum absolute atomic E-state index is 0.395. The van der Waals surface area contributed by atoms with Gasteiger partial charge in [0.25, 0.3) is 0 Å². The van der Waals surface area contributed by atoms with Crippen molar-refractivity contribution >= 4 is 23.8 Å². The van der Waals surface area contributed by atoms with Gasteiger partial charge in [-0.25, -0.2) is 13.6 Å². The molecule has 0 aliphatic heterocycles. The zero-order valence-electron chi connectivity index (χ0n) is 10.9. The number of hydrogen-bond acceptors (Lipinski definition) is 2. The van der Waals surface area contributed by atoms with Crippen LogP contribution in [0.1, 0.15) is 11.1 Å². The Morgan fingerprint density at radius 3 is 2.48 bits per heavy atom. The number of aliphatic carboxylic acids is 1. The maximum Gasteiger partial charge on any atom is 0.328 e. The summed E-state index contributed by atoms with van der Waals surface area (Å²) in [5, 5.41) is 8.53. The fraction of sp³-hybridized carbons (Fsp3) is 0.0625. The Labute approximate surface area is 125 Å². The van der Waals surface area contributed by atoms with Gasteiger partial charge in [0.05, 0.1) is 0 Å². The molecular weight excluding hydrogens is 294 g/mol. The maximum atomic E-state index is 13.5. The molecule has 0 spiro atoms. The Morgan fingerprint density at radius 2 is 1.86 bits per heavy atom. The molecule has 0 unspecified atom stereocenters.